The van der Waals surface area contributed by atoms with Crippen LogP contribution in [0, 0.1) is 13.8 Å². The van der Waals surface area contributed by atoms with Gasteiger partial charge in [-0.3, -0.25) is 9.59 Å². The van der Waals surface area contributed by atoms with E-state index >= 15 is 0 Å². The summed E-state index contributed by atoms with van der Waals surface area (Å²) in [5.41, 5.74) is 1.47. The average Bonchev–Trinajstić information content (AvgIpc) is 3.34. The highest BCUT2D eigenvalue weighted by molar-refractivity contribution is 6.46. The maximum absolute atomic E-state index is 14.0. The van der Waals surface area contributed by atoms with Crippen LogP contribution in [0.1, 0.15) is 52.8 Å². The number of amides is 1. The summed E-state index contributed by atoms with van der Waals surface area (Å²) in [6.45, 7) is 9.99. The molecule has 1 aromatic heterocycles. The van der Waals surface area contributed by atoms with Gasteiger partial charge in [-0.25, -0.2) is 4.79 Å². The van der Waals surface area contributed by atoms with Crippen molar-refractivity contribution in [3.05, 3.63) is 51.9 Å². The molecule has 1 aliphatic heterocycles. The van der Waals surface area contributed by atoms with Gasteiger partial charge in [-0.1, -0.05) is 11.8 Å². The van der Waals surface area contributed by atoms with Crippen LogP contribution in [0.15, 0.2) is 23.8 Å². The number of ketones is 1. The number of carbonyl (C=O) groups is 3. The highest BCUT2D eigenvalue weighted by Crippen LogP contribution is 2.42. The number of quaternary nitrogens is 1. The Kier molecular flexibility index (Phi) is 8.65. The van der Waals surface area contributed by atoms with Crippen molar-refractivity contribution in [1.82, 2.24) is 9.88 Å². The molecule has 200 valence electrons. The van der Waals surface area contributed by atoms with Crippen LogP contribution in [0.3, 0.4) is 0 Å². The number of likely N-dealkylation sites (N-methyl/N-ethyl adjacent to an activating group) is 1. The van der Waals surface area contributed by atoms with Crippen LogP contribution in [0.5, 0.6) is 11.5 Å². The Labute approximate surface area is 216 Å². The maximum atomic E-state index is 14.0. The molecule has 0 aliphatic carbocycles. The third-order valence-corrected chi connectivity index (χ3v) is 7.01. The van der Waals surface area contributed by atoms with Gasteiger partial charge in [0.15, 0.2) is 11.5 Å². The first-order valence-corrected chi connectivity index (χ1v) is 12.2. The van der Waals surface area contributed by atoms with E-state index in [1.54, 1.807) is 32.0 Å². The molecule has 1 atom stereocenters. The number of carbonyl (C=O) groups excluding carboxylic acids is 3. The second-order valence-corrected chi connectivity index (χ2v) is 8.91. The molecule has 0 bridgehead atoms. The van der Waals surface area contributed by atoms with E-state index in [0.29, 0.717) is 34.9 Å². The van der Waals surface area contributed by atoms with Crippen molar-refractivity contribution in [2.45, 2.75) is 33.7 Å². The Morgan fingerprint density at radius 1 is 1.08 bits per heavy atom. The van der Waals surface area contributed by atoms with Crippen molar-refractivity contribution in [3.8, 4) is 11.5 Å². The van der Waals surface area contributed by atoms with Gasteiger partial charge < -0.3 is 34.1 Å². The number of Topliss-reactive ketones (excluding diaryl/α,β-unsaturated/α-hetero) is 1. The molecular weight excluding hydrogens is 478 g/mol. The van der Waals surface area contributed by atoms with Crippen molar-refractivity contribution < 1.29 is 38.6 Å². The van der Waals surface area contributed by atoms with Crippen LogP contribution >= 0.6 is 0 Å². The zero-order chi connectivity index (χ0) is 27.4. The van der Waals surface area contributed by atoms with Crippen molar-refractivity contribution in [3.63, 3.8) is 0 Å². The Balaban J connectivity index is 2.23. The summed E-state index contributed by atoms with van der Waals surface area (Å²) in [5.74, 6) is -1.91. The molecule has 10 nitrogen and oxygen atoms in total. The number of aromatic nitrogens is 1. The monoisotopic (exact) mass is 513 g/mol. The number of hydrogen-bond donors (Lipinski definition) is 2. The van der Waals surface area contributed by atoms with Crippen LogP contribution in [0.2, 0.25) is 0 Å². The summed E-state index contributed by atoms with van der Waals surface area (Å²) in [6, 6.07) is 4.16. The van der Waals surface area contributed by atoms with Gasteiger partial charge in [0.1, 0.15) is 5.69 Å². The van der Waals surface area contributed by atoms with Crippen LogP contribution in [0.4, 0.5) is 0 Å². The number of H-pyrrole nitrogens is 1. The number of aromatic amines is 1. The Morgan fingerprint density at radius 2 is 1.73 bits per heavy atom. The average molecular weight is 514 g/mol. The topological polar surface area (TPSA) is 125 Å². The molecule has 1 aliphatic rings. The third kappa shape index (κ3) is 5.06. The first-order valence-electron chi connectivity index (χ1n) is 12.2. The molecule has 2 N–H and O–H groups in total. The van der Waals surface area contributed by atoms with Crippen LogP contribution in [-0.2, 0) is 14.3 Å². The summed E-state index contributed by atoms with van der Waals surface area (Å²) in [7, 11) is 4.25. The van der Waals surface area contributed by atoms with Gasteiger partial charge in [0, 0.05) is 11.3 Å². The van der Waals surface area contributed by atoms with Gasteiger partial charge in [-0.05, 0) is 56.5 Å². The van der Waals surface area contributed by atoms with Crippen molar-refractivity contribution >= 4 is 23.4 Å². The molecule has 1 fully saturated rings. The number of hydrogen-bond acceptors (Lipinski definition) is 7. The lowest BCUT2D eigenvalue weighted by Crippen LogP contribution is -3.12. The molecule has 3 rings (SSSR count). The van der Waals surface area contributed by atoms with Gasteiger partial charge in [0.05, 0.1) is 53.6 Å². The second kappa shape index (κ2) is 11.5. The SMILES string of the molecule is CC[NH+](CC)CCN1C(=O)C(=O)C(=C([O-])c2c(C)[nH]c(C(=O)OC)c2C)C1c1ccc(OC)c(OC)c1. The predicted molar refractivity (Wildman–Crippen MR) is 134 cm³/mol. The lowest BCUT2D eigenvalue weighted by Gasteiger charge is -2.29. The number of esters is 1. The van der Waals surface area contributed by atoms with E-state index < -0.39 is 29.5 Å². The molecule has 0 saturated carbocycles. The van der Waals surface area contributed by atoms with Crippen molar-refractivity contribution in [2.24, 2.45) is 0 Å². The van der Waals surface area contributed by atoms with Crippen LogP contribution in [0.25, 0.3) is 5.76 Å². The standard InChI is InChI=1S/C27H35N3O7/c1-8-29(9-2)12-13-30-23(17-10-11-18(35-5)19(14-17)36-6)21(25(32)26(30)33)24(31)20-15(3)22(27(34)37-7)28-16(20)4/h10-11,14,23,28,31H,8-9,12-13H2,1-7H3. The Bertz CT molecular complexity index is 1230. The molecule has 0 radical (unpaired) electrons. The summed E-state index contributed by atoms with van der Waals surface area (Å²) in [6.07, 6.45) is 0. The molecule has 2 heterocycles. The smallest absolute Gasteiger partial charge is 0.354 e. The number of ether oxygens (including phenoxy) is 3. The number of rotatable bonds is 10. The maximum Gasteiger partial charge on any atom is 0.354 e. The van der Waals surface area contributed by atoms with Gasteiger partial charge in [0.25, 0.3) is 5.91 Å². The van der Waals surface area contributed by atoms with Gasteiger partial charge >= 0.3 is 5.97 Å². The number of nitrogens with zero attached hydrogens (tertiary/aromatic N) is 1. The fraction of sp³-hybridized carbons (Fsp3) is 0.444. The van der Waals surface area contributed by atoms with E-state index in [-0.39, 0.29) is 23.4 Å². The van der Waals surface area contributed by atoms with Gasteiger partial charge in [0.2, 0.25) is 5.78 Å². The molecule has 1 saturated heterocycles. The summed E-state index contributed by atoms with van der Waals surface area (Å²) in [4.78, 5) is 44.5. The zero-order valence-electron chi connectivity index (χ0n) is 22.4. The van der Waals surface area contributed by atoms with Crippen LogP contribution in [-0.4, -0.2) is 75.1 Å². The lowest BCUT2D eigenvalue weighted by molar-refractivity contribution is -0.895. The quantitative estimate of drug-likeness (QED) is 0.206. The van der Waals surface area contributed by atoms with Gasteiger partial charge in [-0.2, -0.15) is 0 Å². The van der Waals surface area contributed by atoms with E-state index in [4.69, 9.17) is 14.2 Å². The summed E-state index contributed by atoms with van der Waals surface area (Å²) < 4.78 is 15.6. The molecule has 1 aromatic carbocycles. The highest BCUT2D eigenvalue weighted by Gasteiger charge is 2.45. The molecule has 10 heteroatoms. The molecule has 1 amide bonds. The minimum atomic E-state index is -0.919. The fourth-order valence-electron chi connectivity index (χ4n) is 4.88. The van der Waals surface area contributed by atoms with E-state index in [9.17, 15) is 19.5 Å². The molecule has 1 unspecified atom stereocenters. The fourth-order valence-corrected chi connectivity index (χ4v) is 4.88. The van der Waals surface area contributed by atoms with E-state index in [0.717, 1.165) is 13.1 Å². The van der Waals surface area contributed by atoms with Crippen molar-refractivity contribution in [1.29, 1.82) is 0 Å². The number of methoxy groups -OCH3 is 3. The first kappa shape index (κ1) is 27.8. The second-order valence-electron chi connectivity index (χ2n) is 8.91. The van der Waals surface area contributed by atoms with Crippen molar-refractivity contribution in [2.75, 3.05) is 47.5 Å². The normalized spacial score (nSPS) is 17.0. The number of benzene rings is 1. The number of nitrogens with one attached hydrogen (secondary N) is 2. The molecular formula is C27H35N3O7. The van der Waals surface area contributed by atoms with E-state index in [1.165, 1.54) is 31.1 Å². The van der Waals surface area contributed by atoms with E-state index in [1.807, 2.05) is 0 Å². The molecule has 2 aromatic rings. The minimum absolute atomic E-state index is 0.130. The predicted octanol–water partition coefficient (Wildman–Crippen LogP) is 0.584. The Hall–Kier alpha value is -3.79. The molecule has 0 spiro atoms. The lowest BCUT2D eigenvalue weighted by atomic mass is 9.93. The Morgan fingerprint density at radius 3 is 2.30 bits per heavy atom. The van der Waals surface area contributed by atoms with Gasteiger partial charge in [-0.15, -0.1) is 0 Å². The zero-order valence-corrected chi connectivity index (χ0v) is 22.4. The largest absolute Gasteiger partial charge is 0.872 e. The van der Waals surface area contributed by atoms with Crippen LogP contribution < -0.4 is 19.5 Å². The number of likely N-dealkylation sites (tertiary alicyclic amines) is 1. The molecule has 37 heavy (non-hydrogen) atoms. The first-order chi connectivity index (χ1) is 17.6. The number of aryl methyl sites for hydroxylation is 1. The summed E-state index contributed by atoms with van der Waals surface area (Å²) >= 11 is 0. The highest BCUT2D eigenvalue weighted by atomic mass is 16.5. The van der Waals surface area contributed by atoms with E-state index in [2.05, 4.69) is 18.8 Å². The third-order valence-electron chi connectivity index (χ3n) is 7.01. The minimum Gasteiger partial charge on any atom is -0.872 e. The summed E-state index contributed by atoms with van der Waals surface area (Å²) in [5, 5.41) is 14.0.